The number of ether oxygens (including phenoxy) is 1. The van der Waals surface area contributed by atoms with Gasteiger partial charge >= 0.3 is 0 Å². The van der Waals surface area contributed by atoms with E-state index in [-0.39, 0.29) is 0 Å². The maximum Gasteiger partial charge on any atom is 0.226 e. The molecule has 0 saturated heterocycles. The zero-order chi connectivity index (χ0) is 13.2. The molecule has 2 aromatic heterocycles. The predicted octanol–water partition coefficient (Wildman–Crippen LogP) is 1.37. The molecular weight excluding hydrogens is 244 g/mol. The molecule has 0 aromatic carbocycles. The van der Waals surface area contributed by atoms with E-state index in [0.29, 0.717) is 23.7 Å². The van der Waals surface area contributed by atoms with Crippen LogP contribution < -0.4 is 10.6 Å². The summed E-state index contributed by atoms with van der Waals surface area (Å²) in [6.07, 6.45) is 4.02. The number of hydrogen-bond donors (Lipinski definition) is 3. The van der Waals surface area contributed by atoms with Gasteiger partial charge in [0.05, 0.1) is 12.4 Å². The highest BCUT2D eigenvalue weighted by Crippen LogP contribution is 2.28. The van der Waals surface area contributed by atoms with Crippen molar-refractivity contribution < 1.29 is 4.74 Å². The lowest BCUT2D eigenvalue weighted by molar-refractivity contribution is 0.0328. The summed E-state index contributed by atoms with van der Waals surface area (Å²) in [5, 5.41) is 6.55. The molecule has 0 spiro atoms. The standard InChI is InChI=1S/C12H18N6O/c1-3-13-12-17-10-9(14-6-15-10)11(18-12)16-7-4-8(5-7)19-2/h6-8H,3-5H2,1-2H3,(H3,13,14,15,16,17,18). The molecule has 1 aliphatic rings. The van der Waals surface area contributed by atoms with Crippen molar-refractivity contribution in [2.75, 3.05) is 24.3 Å². The summed E-state index contributed by atoms with van der Waals surface area (Å²) in [6, 6.07) is 0.404. The Labute approximate surface area is 111 Å². The molecule has 3 rings (SSSR count). The van der Waals surface area contributed by atoms with Crippen LogP contribution in [0.5, 0.6) is 0 Å². The van der Waals surface area contributed by atoms with Crippen molar-refractivity contribution in [2.24, 2.45) is 0 Å². The van der Waals surface area contributed by atoms with Crippen molar-refractivity contribution in [1.82, 2.24) is 19.9 Å². The van der Waals surface area contributed by atoms with Gasteiger partial charge in [0.2, 0.25) is 5.95 Å². The fourth-order valence-corrected chi connectivity index (χ4v) is 2.24. The third kappa shape index (κ3) is 2.33. The summed E-state index contributed by atoms with van der Waals surface area (Å²) in [5.41, 5.74) is 1.53. The van der Waals surface area contributed by atoms with Crippen LogP contribution in [0.15, 0.2) is 6.33 Å². The number of H-pyrrole nitrogens is 1. The summed E-state index contributed by atoms with van der Waals surface area (Å²) in [5.74, 6) is 1.41. The molecule has 2 aromatic rings. The van der Waals surface area contributed by atoms with Crippen LogP contribution in [0.1, 0.15) is 19.8 Å². The largest absolute Gasteiger partial charge is 0.381 e. The van der Waals surface area contributed by atoms with Crippen LogP contribution >= 0.6 is 0 Å². The third-order valence-corrected chi connectivity index (χ3v) is 3.39. The first-order chi connectivity index (χ1) is 9.30. The van der Waals surface area contributed by atoms with Crippen LogP contribution in [0, 0.1) is 0 Å². The zero-order valence-electron chi connectivity index (χ0n) is 11.1. The molecule has 0 amide bonds. The van der Waals surface area contributed by atoms with Gasteiger partial charge in [-0.05, 0) is 19.8 Å². The van der Waals surface area contributed by atoms with Gasteiger partial charge in [-0.3, -0.25) is 0 Å². The van der Waals surface area contributed by atoms with Gasteiger partial charge in [0.15, 0.2) is 11.5 Å². The topological polar surface area (TPSA) is 87.8 Å². The lowest BCUT2D eigenvalue weighted by Gasteiger charge is -2.34. The lowest BCUT2D eigenvalue weighted by atomic mass is 9.89. The van der Waals surface area contributed by atoms with Gasteiger partial charge in [0.25, 0.3) is 0 Å². The summed E-state index contributed by atoms with van der Waals surface area (Å²) in [7, 11) is 1.75. The Morgan fingerprint density at radius 2 is 2.26 bits per heavy atom. The van der Waals surface area contributed by atoms with Gasteiger partial charge in [-0.15, -0.1) is 0 Å². The van der Waals surface area contributed by atoms with Gasteiger partial charge in [-0.25, -0.2) is 4.98 Å². The quantitative estimate of drug-likeness (QED) is 0.754. The van der Waals surface area contributed by atoms with E-state index in [9.17, 15) is 0 Å². The average Bonchev–Trinajstić information content (AvgIpc) is 2.81. The summed E-state index contributed by atoms with van der Waals surface area (Å²) in [6.45, 7) is 2.80. The van der Waals surface area contributed by atoms with Crippen molar-refractivity contribution in [3.8, 4) is 0 Å². The molecule has 0 unspecified atom stereocenters. The molecule has 7 heteroatoms. The number of nitrogens with one attached hydrogen (secondary N) is 3. The Balaban J connectivity index is 1.82. The van der Waals surface area contributed by atoms with E-state index in [0.717, 1.165) is 30.7 Å². The molecule has 1 aliphatic carbocycles. The lowest BCUT2D eigenvalue weighted by Crippen LogP contribution is -2.40. The van der Waals surface area contributed by atoms with Crippen molar-refractivity contribution >= 4 is 22.9 Å². The number of methoxy groups -OCH3 is 1. The van der Waals surface area contributed by atoms with Crippen molar-refractivity contribution in [3.63, 3.8) is 0 Å². The Kier molecular flexibility index (Phi) is 3.20. The van der Waals surface area contributed by atoms with Crippen LogP contribution in [-0.4, -0.2) is 45.7 Å². The molecule has 7 nitrogen and oxygen atoms in total. The molecule has 1 fully saturated rings. The van der Waals surface area contributed by atoms with E-state index in [1.807, 2.05) is 6.92 Å². The third-order valence-electron chi connectivity index (χ3n) is 3.39. The maximum absolute atomic E-state index is 5.28. The monoisotopic (exact) mass is 262 g/mol. The maximum atomic E-state index is 5.28. The zero-order valence-corrected chi connectivity index (χ0v) is 11.1. The molecular formula is C12H18N6O. The molecule has 1 saturated carbocycles. The minimum Gasteiger partial charge on any atom is -0.381 e. The minimum atomic E-state index is 0.366. The highest BCUT2D eigenvalue weighted by molar-refractivity contribution is 5.83. The van der Waals surface area contributed by atoms with Crippen LogP contribution in [-0.2, 0) is 4.74 Å². The number of anilines is 2. The fourth-order valence-electron chi connectivity index (χ4n) is 2.24. The Morgan fingerprint density at radius 3 is 3.00 bits per heavy atom. The molecule has 0 bridgehead atoms. The van der Waals surface area contributed by atoms with E-state index in [1.54, 1.807) is 13.4 Å². The Morgan fingerprint density at radius 1 is 1.42 bits per heavy atom. The van der Waals surface area contributed by atoms with E-state index in [2.05, 4.69) is 30.6 Å². The van der Waals surface area contributed by atoms with E-state index in [4.69, 9.17) is 4.74 Å². The smallest absolute Gasteiger partial charge is 0.226 e. The second-order valence-electron chi connectivity index (χ2n) is 4.70. The number of fused-ring (bicyclic) bond motifs is 1. The molecule has 2 heterocycles. The number of imidazole rings is 1. The number of aromatic amines is 1. The second kappa shape index (κ2) is 5.00. The van der Waals surface area contributed by atoms with Crippen LogP contribution in [0.4, 0.5) is 11.8 Å². The number of hydrogen-bond acceptors (Lipinski definition) is 6. The Bertz CT molecular complexity index is 562. The van der Waals surface area contributed by atoms with E-state index in [1.165, 1.54) is 0 Å². The molecule has 0 atom stereocenters. The molecule has 0 radical (unpaired) electrons. The number of nitrogens with zero attached hydrogens (tertiary/aromatic N) is 3. The predicted molar refractivity (Wildman–Crippen MR) is 73.3 cm³/mol. The van der Waals surface area contributed by atoms with Gasteiger partial charge < -0.3 is 20.4 Å². The molecule has 3 N–H and O–H groups in total. The first-order valence-corrected chi connectivity index (χ1v) is 6.54. The highest BCUT2D eigenvalue weighted by atomic mass is 16.5. The molecule has 0 aliphatic heterocycles. The van der Waals surface area contributed by atoms with Gasteiger partial charge in [-0.2, -0.15) is 9.97 Å². The summed E-state index contributed by atoms with van der Waals surface area (Å²) in [4.78, 5) is 16.1. The van der Waals surface area contributed by atoms with Crippen molar-refractivity contribution in [1.29, 1.82) is 0 Å². The summed E-state index contributed by atoms with van der Waals surface area (Å²) >= 11 is 0. The van der Waals surface area contributed by atoms with Gasteiger partial charge in [-0.1, -0.05) is 0 Å². The molecule has 102 valence electrons. The van der Waals surface area contributed by atoms with Gasteiger partial charge in [0.1, 0.15) is 5.52 Å². The fraction of sp³-hybridized carbons (Fsp3) is 0.583. The van der Waals surface area contributed by atoms with Crippen molar-refractivity contribution in [2.45, 2.75) is 31.9 Å². The normalized spacial score (nSPS) is 22.2. The van der Waals surface area contributed by atoms with Crippen LogP contribution in [0.3, 0.4) is 0 Å². The van der Waals surface area contributed by atoms with E-state index < -0.39 is 0 Å². The van der Waals surface area contributed by atoms with E-state index >= 15 is 0 Å². The highest BCUT2D eigenvalue weighted by Gasteiger charge is 2.29. The van der Waals surface area contributed by atoms with Crippen molar-refractivity contribution in [3.05, 3.63) is 6.33 Å². The average molecular weight is 262 g/mol. The minimum absolute atomic E-state index is 0.366. The Hall–Kier alpha value is -1.89. The van der Waals surface area contributed by atoms with Gasteiger partial charge in [0, 0.05) is 19.7 Å². The SMILES string of the molecule is CCNc1nc(NC2CC(OC)C2)c2[nH]cnc2n1. The number of aromatic nitrogens is 4. The second-order valence-corrected chi connectivity index (χ2v) is 4.70. The molecule has 19 heavy (non-hydrogen) atoms. The number of rotatable bonds is 5. The van der Waals surface area contributed by atoms with Crippen LogP contribution in [0.2, 0.25) is 0 Å². The summed E-state index contributed by atoms with van der Waals surface area (Å²) < 4.78 is 5.28. The van der Waals surface area contributed by atoms with Crippen LogP contribution in [0.25, 0.3) is 11.2 Å². The first kappa shape index (κ1) is 12.2. The first-order valence-electron chi connectivity index (χ1n) is 6.54.